The lowest BCUT2D eigenvalue weighted by Crippen LogP contribution is -2.26. The Morgan fingerprint density at radius 3 is 2.54 bits per heavy atom. The van der Waals surface area contributed by atoms with Gasteiger partial charge in [-0.1, -0.05) is 77.1 Å². The molecule has 9 heteroatoms. The van der Waals surface area contributed by atoms with Crippen molar-refractivity contribution in [3.8, 4) is 22.5 Å². The van der Waals surface area contributed by atoms with E-state index in [1.165, 1.54) is 17.3 Å². The van der Waals surface area contributed by atoms with E-state index in [9.17, 15) is 4.79 Å². The monoisotopic (exact) mass is 487 g/mol. The van der Waals surface area contributed by atoms with Gasteiger partial charge in [-0.05, 0) is 12.5 Å². The van der Waals surface area contributed by atoms with Gasteiger partial charge < -0.3 is 13.8 Å². The van der Waals surface area contributed by atoms with Gasteiger partial charge in [-0.3, -0.25) is 9.36 Å². The lowest BCUT2D eigenvalue weighted by Gasteiger charge is -2.12. The Morgan fingerprint density at radius 2 is 1.80 bits per heavy atom. The van der Waals surface area contributed by atoms with E-state index in [0.717, 1.165) is 16.7 Å². The molecule has 0 aliphatic heterocycles. The normalized spacial score (nSPS) is 11.4. The second-order valence-electron chi connectivity index (χ2n) is 8.23. The minimum atomic E-state index is -0.106. The summed E-state index contributed by atoms with van der Waals surface area (Å²) in [5, 5.41) is 4.69. The summed E-state index contributed by atoms with van der Waals surface area (Å²) in [5.74, 6) is 1.39. The van der Waals surface area contributed by atoms with Crippen molar-refractivity contribution >= 4 is 22.8 Å². The molecule has 0 aliphatic rings. The van der Waals surface area contributed by atoms with Crippen molar-refractivity contribution in [1.29, 1.82) is 0 Å². The van der Waals surface area contributed by atoms with Crippen LogP contribution in [0.1, 0.15) is 11.5 Å². The largest absolute Gasteiger partial charge is 0.383 e. The molecule has 0 saturated heterocycles. The molecule has 0 N–H and O–H groups in total. The van der Waals surface area contributed by atoms with E-state index in [4.69, 9.17) is 14.2 Å². The molecule has 0 amide bonds. The van der Waals surface area contributed by atoms with Gasteiger partial charge in [-0.15, -0.1) is 0 Å². The highest BCUT2D eigenvalue weighted by Gasteiger charge is 2.19. The van der Waals surface area contributed by atoms with Gasteiger partial charge in [0.1, 0.15) is 11.0 Å². The van der Waals surface area contributed by atoms with Crippen molar-refractivity contribution < 1.29 is 9.26 Å². The van der Waals surface area contributed by atoms with E-state index in [1.807, 2.05) is 79.3 Å². The highest BCUT2D eigenvalue weighted by atomic mass is 32.2. The Labute approximate surface area is 206 Å². The van der Waals surface area contributed by atoms with Crippen LogP contribution in [-0.2, 0) is 24.1 Å². The summed E-state index contributed by atoms with van der Waals surface area (Å²) >= 11 is 1.39. The number of benzene rings is 2. The molecule has 0 aliphatic carbocycles. The van der Waals surface area contributed by atoms with Crippen molar-refractivity contribution in [2.75, 3.05) is 13.7 Å². The van der Waals surface area contributed by atoms with Crippen LogP contribution in [0.5, 0.6) is 0 Å². The van der Waals surface area contributed by atoms with Gasteiger partial charge in [0.15, 0.2) is 5.16 Å². The highest BCUT2D eigenvalue weighted by molar-refractivity contribution is 7.98. The van der Waals surface area contributed by atoms with Gasteiger partial charge >= 0.3 is 0 Å². The van der Waals surface area contributed by atoms with Crippen LogP contribution in [0.4, 0.5) is 0 Å². The quantitative estimate of drug-likeness (QED) is 0.232. The number of rotatable bonds is 8. The molecule has 0 unspecified atom stereocenters. The predicted octanol–water partition coefficient (Wildman–Crippen LogP) is 4.70. The summed E-state index contributed by atoms with van der Waals surface area (Å²) in [6, 6.07) is 17.9. The van der Waals surface area contributed by atoms with Crippen LogP contribution >= 0.6 is 11.8 Å². The average Bonchev–Trinajstić information content (AvgIpc) is 3.48. The Balaban J connectivity index is 1.51. The Kier molecular flexibility index (Phi) is 6.52. The fourth-order valence-corrected chi connectivity index (χ4v) is 4.78. The highest BCUT2D eigenvalue weighted by Crippen LogP contribution is 2.30. The standard InChI is InChI=1S/C26H25N5O3S/c1-17-9-11-19(12-10-17)24-27-21(34-29-24)16-35-26-28-22-20(18-7-5-4-6-8-18)15-30(2)23(22)25(32)31(26)13-14-33-3/h4-12,15H,13-14,16H2,1-3H3. The molecule has 178 valence electrons. The van der Waals surface area contributed by atoms with Crippen LogP contribution in [0, 0.1) is 6.92 Å². The van der Waals surface area contributed by atoms with Gasteiger partial charge in [-0.25, -0.2) is 4.98 Å². The fourth-order valence-electron chi connectivity index (χ4n) is 3.93. The van der Waals surface area contributed by atoms with Crippen molar-refractivity contribution in [3.05, 3.63) is 82.6 Å². The second-order valence-corrected chi connectivity index (χ2v) is 9.17. The number of hydrogen-bond acceptors (Lipinski definition) is 7. The van der Waals surface area contributed by atoms with Gasteiger partial charge in [0, 0.05) is 31.5 Å². The number of hydrogen-bond donors (Lipinski definition) is 0. The Hall–Kier alpha value is -3.69. The molecule has 0 saturated carbocycles. The van der Waals surface area contributed by atoms with E-state index < -0.39 is 0 Å². The summed E-state index contributed by atoms with van der Waals surface area (Å²) in [7, 11) is 3.49. The van der Waals surface area contributed by atoms with Crippen molar-refractivity contribution in [2.45, 2.75) is 24.4 Å². The minimum absolute atomic E-state index is 0.106. The van der Waals surface area contributed by atoms with E-state index >= 15 is 0 Å². The first-order valence-corrected chi connectivity index (χ1v) is 12.2. The molecule has 35 heavy (non-hydrogen) atoms. The molecule has 3 heterocycles. The summed E-state index contributed by atoms with van der Waals surface area (Å²) in [6.07, 6.45) is 1.95. The maximum absolute atomic E-state index is 13.5. The number of nitrogens with zero attached hydrogens (tertiary/aromatic N) is 5. The molecule has 0 radical (unpaired) electrons. The average molecular weight is 488 g/mol. The molecular weight excluding hydrogens is 462 g/mol. The lowest BCUT2D eigenvalue weighted by molar-refractivity contribution is 0.183. The molecule has 3 aromatic heterocycles. The SMILES string of the molecule is COCCn1c(SCc2nc(-c3ccc(C)cc3)no2)nc2c(-c3ccccc3)cn(C)c2c1=O. The Bertz CT molecular complexity index is 1520. The predicted molar refractivity (Wildman–Crippen MR) is 136 cm³/mol. The third-order valence-electron chi connectivity index (χ3n) is 5.75. The molecule has 5 rings (SSSR count). The third-order valence-corrected chi connectivity index (χ3v) is 6.71. The summed E-state index contributed by atoms with van der Waals surface area (Å²) in [6.45, 7) is 2.82. The molecule has 0 bridgehead atoms. The van der Waals surface area contributed by atoms with Gasteiger partial charge in [-0.2, -0.15) is 4.98 Å². The number of fused-ring (bicyclic) bond motifs is 1. The maximum Gasteiger partial charge on any atom is 0.278 e. The molecular formula is C26H25N5O3S. The molecule has 2 aromatic carbocycles. The van der Waals surface area contributed by atoms with Crippen LogP contribution in [0.15, 0.2) is 75.3 Å². The number of methoxy groups -OCH3 is 1. The van der Waals surface area contributed by atoms with Crippen LogP contribution in [0.2, 0.25) is 0 Å². The summed E-state index contributed by atoms with van der Waals surface area (Å²) < 4.78 is 14.2. The number of ether oxygens (including phenoxy) is 1. The fraction of sp³-hybridized carbons (Fsp3) is 0.231. The van der Waals surface area contributed by atoms with E-state index in [0.29, 0.717) is 46.8 Å². The number of aryl methyl sites for hydroxylation is 2. The van der Waals surface area contributed by atoms with Crippen LogP contribution in [-0.4, -0.2) is 38.0 Å². The summed E-state index contributed by atoms with van der Waals surface area (Å²) in [4.78, 5) is 23.0. The minimum Gasteiger partial charge on any atom is -0.383 e. The first kappa shape index (κ1) is 23.1. The molecule has 0 atom stereocenters. The van der Waals surface area contributed by atoms with Gasteiger partial charge in [0.25, 0.3) is 5.56 Å². The lowest BCUT2D eigenvalue weighted by atomic mass is 10.1. The first-order valence-electron chi connectivity index (χ1n) is 11.2. The second kappa shape index (κ2) is 9.89. The van der Waals surface area contributed by atoms with Crippen LogP contribution < -0.4 is 5.56 Å². The zero-order chi connectivity index (χ0) is 24.4. The first-order chi connectivity index (χ1) is 17.0. The van der Waals surface area contributed by atoms with Gasteiger partial charge in [0.2, 0.25) is 11.7 Å². The van der Waals surface area contributed by atoms with Crippen LogP contribution in [0.3, 0.4) is 0 Å². The van der Waals surface area contributed by atoms with Crippen LogP contribution in [0.25, 0.3) is 33.5 Å². The topological polar surface area (TPSA) is 88.0 Å². The molecule has 0 spiro atoms. The summed E-state index contributed by atoms with van der Waals surface area (Å²) in [5.41, 5.74) is 5.11. The Morgan fingerprint density at radius 1 is 1.03 bits per heavy atom. The van der Waals surface area contributed by atoms with Crippen molar-refractivity contribution in [3.63, 3.8) is 0 Å². The van der Waals surface area contributed by atoms with E-state index in [2.05, 4.69) is 10.1 Å². The number of thioether (sulfide) groups is 1. The zero-order valence-electron chi connectivity index (χ0n) is 19.8. The maximum atomic E-state index is 13.5. The number of aromatic nitrogens is 5. The molecule has 5 aromatic rings. The molecule has 0 fully saturated rings. The molecule has 8 nitrogen and oxygen atoms in total. The van der Waals surface area contributed by atoms with E-state index in [1.54, 1.807) is 11.7 Å². The third kappa shape index (κ3) is 4.65. The zero-order valence-corrected chi connectivity index (χ0v) is 20.6. The van der Waals surface area contributed by atoms with E-state index in [-0.39, 0.29) is 5.56 Å². The smallest absolute Gasteiger partial charge is 0.278 e. The van der Waals surface area contributed by atoms with Crippen molar-refractivity contribution in [1.82, 2.24) is 24.3 Å². The van der Waals surface area contributed by atoms with Gasteiger partial charge in [0.05, 0.1) is 18.9 Å². The van der Waals surface area contributed by atoms with Crippen molar-refractivity contribution in [2.24, 2.45) is 7.05 Å².